The summed E-state index contributed by atoms with van der Waals surface area (Å²) in [6, 6.07) is 1.76. The molecular weight excluding hydrogens is 272 g/mol. The van der Waals surface area contributed by atoms with Gasteiger partial charge in [-0.15, -0.1) is 0 Å². The van der Waals surface area contributed by atoms with Crippen LogP contribution in [-0.4, -0.2) is 10.3 Å². The molecule has 3 nitrogen and oxygen atoms in total. The summed E-state index contributed by atoms with van der Waals surface area (Å²) in [5.41, 5.74) is -0.898. The summed E-state index contributed by atoms with van der Waals surface area (Å²) < 4.78 is 26.5. The summed E-state index contributed by atoms with van der Waals surface area (Å²) in [6.07, 6.45) is 0.666. The van der Waals surface area contributed by atoms with Crippen molar-refractivity contribution < 1.29 is 13.7 Å². The zero-order valence-electron chi connectivity index (χ0n) is 7.67. The van der Waals surface area contributed by atoms with E-state index in [9.17, 15) is 18.9 Å². The van der Waals surface area contributed by atoms with Crippen LogP contribution in [0.15, 0.2) is 12.1 Å². The molecule has 0 aromatic heterocycles. The molecule has 6 heteroatoms. The van der Waals surface area contributed by atoms with Crippen molar-refractivity contribution in [1.82, 2.24) is 0 Å². The van der Waals surface area contributed by atoms with Gasteiger partial charge < -0.3 is 0 Å². The van der Waals surface area contributed by atoms with Crippen LogP contribution >= 0.6 is 15.9 Å². The molecule has 0 unspecified atom stereocenters. The Morgan fingerprint density at radius 1 is 1.40 bits per heavy atom. The van der Waals surface area contributed by atoms with E-state index >= 15 is 0 Å². The van der Waals surface area contributed by atoms with Gasteiger partial charge in [-0.3, -0.25) is 10.1 Å². The van der Waals surface area contributed by atoms with Crippen LogP contribution in [-0.2, 0) is 6.42 Å². The molecule has 0 aliphatic carbocycles. The van der Waals surface area contributed by atoms with E-state index in [4.69, 9.17) is 0 Å². The Hall–Kier alpha value is -1.04. The van der Waals surface area contributed by atoms with Gasteiger partial charge in [-0.25, -0.2) is 4.39 Å². The summed E-state index contributed by atoms with van der Waals surface area (Å²) in [6.45, 7) is 0. The van der Waals surface area contributed by atoms with Gasteiger partial charge in [0.25, 0.3) is 0 Å². The summed E-state index contributed by atoms with van der Waals surface area (Å²) in [5.74, 6) is -1.81. The zero-order valence-corrected chi connectivity index (χ0v) is 9.26. The average Bonchev–Trinajstić information content (AvgIpc) is 2.17. The lowest BCUT2D eigenvalue weighted by Gasteiger charge is -2.03. The molecule has 1 rings (SSSR count). The maximum atomic E-state index is 13.4. The maximum Gasteiger partial charge on any atom is 0.305 e. The van der Waals surface area contributed by atoms with Crippen molar-refractivity contribution in [3.63, 3.8) is 0 Å². The fourth-order valence-electron chi connectivity index (χ4n) is 1.20. The largest absolute Gasteiger partial charge is 0.305 e. The van der Waals surface area contributed by atoms with E-state index in [1.54, 1.807) is 0 Å². The Bertz CT molecular complexity index is 385. The molecule has 0 atom stereocenters. The number of nitrogens with zero attached hydrogens (tertiary/aromatic N) is 1. The Balaban J connectivity index is 3.12. The number of alkyl halides is 1. The van der Waals surface area contributed by atoms with E-state index in [1.165, 1.54) is 0 Å². The van der Waals surface area contributed by atoms with Gasteiger partial charge in [-0.1, -0.05) is 15.9 Å². The highest BCUT2D eigenvalue weighted by Gasteiger charge is 2.20. The molecule has 82 valence electrons. The normalized spacial score (nSPS) is 10.3. The molecule has 0 radical (unpaired) electrons. The molecule has 0 aliphatic rings. The first-order chi connectivity index (χ1) is 7.07. The third-order valence-corrected chi connectivity index (χ3v) is 2.48. The number of hydrogen-bond donors (Lipinski definition) is 0. The molecular formula is C9H8BrF2NO2. The van der Waals surface area contributed by atoms with Gasteiger partial charge in [0, 0.05) is 17.0 Å². The number of halogens is 3. The zero-order chi connectivity index (χ0) is 11.4. The van der Waals surface area contributed by atoms with Gasteiger partial charge in [0.15, 0.2) is 0 Å². The Morgan fingerprint density at radius 2 is 2.07 bits per heavy atom. The molecule has 0 spiro atoms. The monoisotopic (exact) mass is 279 g/mol. The third kappa shape index (κ3) is 2.71. The molecule has 0 N–H and O–H groups in total. The maximum absolute atomic E-state index is 13.4. The van der Waals surface area contributed by atoms with Crippen molar-refractivity contribution in [2.75, 3.05) is 5.33 Å². The molecule has 0 amide bonds. The molecule has 0 heterocycles. The summed E-state index contributed by atoms with van der Waals surface area (Å²) in [4.78, 5) is 9.54. The lowest BCUT2D eigenvalue weighted by atomic mass is 10.1. The van der Waals surface area contributed by atoms with E-state index in [1.807, 2.05) is 0 Å². The van der Waals surface area contributed by atoms with Crippen LogP contribution in [0.1, 0.15) is 12.0 Å². The van der Waals surface area contributed by atoms with E-state index in [2.05, 4.69) is 15.9 Å². The van der Waals surface area contributed by atoms with Crippen LogP contribution < -0.4 is 0 Å². The van der Waals surface area contributed by atoms with Crippen molar-refractivity contribution in [2.45, 2.75) is 12.8 Å². The van der Waals surface area contributed by atoms with Crippen LogP contribution in [0.3, 0.4) is 0 Å². The number of nitro benzene ring substituents is 1. The van der Waals surface area contributed by atoms with E-state index in [0.717, 1.165) is 12.1 Å². The summed E-state index contributed by atoms with van der Waals surface area (Å²) >= 11 is 3.12. The van der Waals surface area contributed by atoms with Gasteiger partial charge in [-0.2, -0.15) is 4.39 Å². The van der Waals surface area contributed by atoms with Gasteiger partial charge in [0.2, 0.25) is 5.82 Å². The second kappa shape index (κ2) is 5.16. The Kier molecular flexibility index (Phi) is 4.14. The fourth-order valence-corrected chi connectivity index (χ4v) is 1.48. The molecule has 0 bridgehead atoms. The SMILES string of the molecule is O=[N+]([O-])c1ccc(F)c(CCCBr)c1F. The highest BCUT2D eigenvalue weighted by Crippen LogP contribution is 2.24. The van der Waals surface area contributed by atoms with E-state index < -0.39 is 22.2 Å². The van der Waals surface area contributed by atoms with Gasteiger partial charge >= 0.3 is 5.69 Å². The average molecular weight is 280 g/mol. The van der Waals surface area contributed by atoms with Crippen LogP contribution in [0, 0.1) is 21.7 Å². The minimum Gasteiger partial charge on any atom is -0.258 e. The molecule has 15 heavy (non-hydrogen) atoms. The third-order valence-electron chi connectivity index (χ3n) is 1.92. The topological polar surface area (TPSA) is 43.1 Å². The number of nitro groups is 1. The molecule has 0 aliphatic heterocycles. The first-order valence-electron chi connectivity index (χ1n) is 4.25. The second-order valence-corrected chi connectivity index (χ2v) is 3.70. The Labute approximate surface area is 93.4 Å². The first kappa shape index (κ1) is 12.0. The van der Waals surface area contributed by atoms with E-state index in [-0.39, 0.29) is 12.0 Å². The number of benzene rings is 1. The van der Waals surface area contributed by atoms with Crippen molar-refractivity contribution in [1.29, 1.82) is 0 Å². The standard InChI is InChI=1S/C9H8BrF2NO2/c10-5-1-2-6-7(11)3-4-8(9(6)12)13(14)15/h3-4H,1-2,5H2. The minimum absolute atomic E-state index is 0.143. The van der Waals surface area contributed by atoms with Gasteiger partial charge in [-0.05, 0) is 18.9 Å². The van der Waals surface area contributed by atoms with Gasteiger partial charge in [0.1, 0.15) is 5.82 Å². The van der Waals surface area contributed by atoms with Crippen molar-refractivity contribution >= 4 is 21.6 Å². The molecule has 0 saturated carbocycles. The lowest BCUT2D eigenvalue weighted by molar-refractivity contribution is -0.387. The lowest BCUT2D eigenvalue weighted by Crippen LogP contribution is -2.01. The van der Waals surface area contributed by atoms with Crippen LogP contribution in [0.4, 0.5) is 14.5 Å². The smallest absolute Gasteiger partial charge is 0.258 e. The quantitative estimate of drug-likeness (QED) is 0.483. The minimum atomic E-state index is -1.07. The molecule has 0 fully saturated rings. The highest BCUT2D eigenvalue weighted by molar-refractivity contribution is 9.09. The predicted molar refractivity (Wildman–Crippen MR) is 55.1 cm³/mol. The fraction of sp³-hybridized carbons (Fsp3) is 0.333. The van der Waals surface area contributed by atoms with Crippen molar-refractivity contribution in [3.8, 4) is 0 Å². The number of rotatable bonds is 4. The molecule has 1 aromatic carbocycles. The first-order valence-corrected chi connectivity index (χ1v) is 5.37. The molecule has 0 saturated heterocycles. The molecule has 1 aromatic rings. The van der Waals surface area contributed by atoms with Crippen molar-refractivity contribution in [2.24, 2.45) is 0 Å². The number of hydrogen-bond acceptors (Lipinski definition) is 2. The summed E-state index contributed by atoms with van der Waals surface area (Å²) in [5, 5.41) is 11.0. The van der Waals surface area contributed by atoms with Gasteiger partial charge in [0.05, 0.1) is 4.92 Å². The van der Waals surface area contributed by atoms with Crippen LogP contribution in [0.25, 0.3) is 0 Å². The van der Waals surface area contributed by atoms with Crippen molar-refractivity contribution in [3.05, 3.63) is 39.4 Å². The van der Waals surface area contributed by atoms with Crippen LogP contribution in [0.5, 0.6) is 0 Å². The second-order valence-electron chi connectivity index (χ2n) is 2.91. The van der Waals surface area contributed by atoms with E-state index in [0.29, 0.717) is 11.8 Å². The summed E-state index contributed by atoms with van der Waals surface area (Å²) in [7, 11) is 0. The predicted octanol–water partition coefficient (Wildman–Crippen LogP) is 3.20. The highest BCUT2D eigenvalue weighted by atomic mass is 79.9. The van der Waals surface area contributed by atoms with Crippen LogP contribution in [0.2, 0.25) is 0 Å². The Morgan fingerprint density at radius 3 is 2.60 bits per heavy atom.